The van der Waals surface area contributed by atoms with Crippen molar-refractivity contribution in [3.8, 4) is 5.75 Å². The Balaban J connectivity index is 1.36. The lowest BCUT2D eigenvalue weighted by atomic mass is 10.0. The molecule has 0 radical (unpaired) electrons. The van der Waals surface area contributed by atoms with Crippen LogP contribution in [0.15, 0.2) is 24.4 Å². The van der Waals surface area contributed by atoms with E-state index in [1.54, 1.807) is 13.2 Å². The Morgan fingerprint density at radius 3 is 2.58 bits per heavy atom. The zero-order chi connectivity index (χ0) is 26.6. The molecule has 3 aliphatic rings. The van der Waals surface area contributed by atoms with E-state index in [0.29, 0.717) is 29.2 Å². The monoisotopic (exact) mass is 521 g/mol. The Bertz CT molecular complexity index is 1110. The number of likely N-dealkylation sites (tertiary alicyclic amines) is 1. The molecule has 2 fully saturated rings. The summed E-state index contributed by atoms with van der Waals surface area (Å²) in [5, 5.41) is 6.55. The quantitative estimate of drug-likeness (QED) is 0.559. The molecule has 0 spiro atoms. The number of piperidine rings is 1. The van der Waals surface area contributed by atoms with Gasteiger partial charge in [-0.3, -0.25) is 4.79 Å². The summed E-state index contributed by atoms with van der Waals surface area (Å²) in [6.07, 6.45) is 10.1. The first-order chi connectivity index (χ1) is 18.4. The molecule has 3 heterocycles. The predicted molar refractivity (Wildman–Crippen MR) is 153 cm³/mol. The van der Waals surface area contributed by atoms with Gasteiger partial charge >= 0.3 is 0 Å². The van der Waals surface area contributed by atoms with Crippen LogP contribution in [0.1, 0.15) is 62.2 Å². The van der Waals surface area contributed by atoms with Crippen LogP contribution in [0.25, 0.3) is 0 Å². The topological polar surface area (TPSA) is 85.9 Å². The number of amides is 1. The van der Waals surface area contributed by atoms with E-state index in [-0.39, 0.29) is 11.9 Å². The minimum absolute atomic E-state index is 0.0635. The maximum absolute atomic E-state index is 12.9. The summed E-state index contributed by atoms with van der Waals surface area (Å²) in [4.78, 5) is 29.8. The molecular formula is C29H43N7O2. The zero-order valence-corrected chi connectivity index (χ0v) is 23.4. The van der Waals surface area contributed by atoms with E-state index in [2.05, 4.69) is 51.3 Å². The van der Waals surface area contributed by atoms with Crippen LogP contribution in [0.5, 0.6) is 5.75 Å². The lowest BCUT2D eigenvalue weighted by Crippen LogP contribution is -2.43. The van der Waals surface area contributed by atoms with E-state index in [1.807, 2.05) is 18.3 Å². The molecule has 1 saturated heterocycles. The van der Waals surface area contributed by atoms with Gasteiger partial charge in [0.2, 0.25) is 5.95 Å². The molecule has 1 aliphatic carbocycles. The number of fused-ring (bicyclic) bond motifs is 1. The molecule has 9 heteroatoms. The lowest BCUT2D eigenvalue weighted by molar-refractivity contribution is 0.0916. The van der Waals surface area contributed by atoms with Crippen LogP contribution in [0.4, 0.5) is 23.1 Å². The first kappa shape index (κ1) is 26.5. The standard InChI is InChI=1S/C29H43N7O2/c1-5-20-18-35(3)25-17-30-29(33-27(25)36(19-20)23-8-6-7-9-23)32-24-11-10-21(16-26(24)38-4)28(37)31-22-12-14-34(2)15-13-22/h10-11,16-17,20,22-23H,5-9,12-15,18-19H2,1-4H3,(H,31,37)(H,30,32,33). The number of carbonyl (C=O) groups is 1. The number of rotatable bonds is 7. The first-order valence-electron chi connectivity index (χ1n) is 14.2. The number of hydrogen-bond acceptors (Lipinski definition) is 8. The van der Waals surface area contributed by atoms with Gasteiger partial charge in [0.15, 0.2) is 5.82 Å². The number of carbonyl (C=O) groups excluding carboxylic acids is 1. The van der Waals surface area contributed by atoms with Gasteiger partial charge in [-0.15, -0.1) is 0 Å². The van der Waals surface area contributed by atoms with Gasteiger partial charge in [0.1, 0.15) is 5.75 Å². The second-order valence-corrected chi connectivity index (χ2v) is 11.2. The molecule has 5 rings (SSSR count). The zero-order valence-electron chi connectivity index (χ0n) is 23.4. The second kappa shape index (κ2) is 11.8. The summed E-state index contributed by atoms with van der Waals surface area (Å²) in [5.74, 6) is 2.68. The molecule has 1 aromatic heterocycles. The van der Waals surface area contributed by atoms with Crippen molar-refractivity contribution < 1.29 is 9.53 Å². The van der Waals surface area contributed by atoms with Crippen LogP contribution >= 0.6 is 0 Å². The molecule has 1 atom stereocenters. The van der Waals surface area contributed by atoms with Crippen LogP contribution in [0, 0.1) is 5.92 Å². The number of hydrogen-bond donors (Lipinski definition) is 2. The molecule has 2 aliphatic heterocycles. The number of aromatic nitrogens is 2. The van der Waals surface area contributed by atoms with Crippen molar-refractivity contribution in [2.45, 2.75) is 64.0 Å². The molecule has 1 saturated carbocycles. The lowest BCUT2D eigenvalue weighted by Gasteiger charge is -2.31. The summed E-state index contributed by atoms with van der Waals surface area (Å²) in [5.41, 5.74) is 2.42. The number of benzene rings is 1. The molecule has 2 N–H and O–H groups in total. The SMILES string of the molecule is CCC1CN(C)c2cnc(Nc3ccc(C(=O)NC4CCN(C)CC4)cc3OC)nc2N(C2CCCC2)C1. The van der Waals surface area contributed by atoms with Gasteiger partial charge in [0.05, 0.1) is 24.7 Å². The van der Waals surface area contributed by atoms with Crippen molar-refractivity contribution in [3.05, 3.63) is 30.0 Å². The van der Waals surface area contributed by atoms with Gasteiger partial charge in [-0.05, 0) is 76.4 Å². The van der Waals surface area contributed by atoms with Gasteiger partial charge in [-0.2, -0.15) is 4.98 Å². The van der Waals surface area contributed by atoms with E-state index in [1.165, 1.54) is 25.7 Å². The summed E-state index contributed by atoms with van der Waals surface area (Å²) in [6, 6.07) is 6.26. The molecule has 206 valence electrons. The number of methoxy groups -OCH3 is 1. The second-order valence-electron chi connectivity index (χ2n) is 11.2. The van der Waals surface area contributed by atoms with Crippen LogP contribution in [0.3, 0.4) is 0 Å². The maximum Gasteiger partial charge on any atom is 0.251 e. The Morgan fingerprint density at radius 1 is 1.11 bits per heavy atom. The highest BCUT2D eigenvalue weighted by Gasteiger charge is 2.32. The third kappa shape index (κ3) is 5.82. The minimum atomic E-state index is -0.0635. The number of nitrogens with one attached hydrogen (secondary N) is 2. The smallest absolute Gasteiger partial charge is 0.251 e. The summed E-state index contributed by atoms with van der Waals surface area (Å²) >= 11 is 0. The van der Waals surface area contributed by atoms with Crippen molar-refractivity contribution >= 4 is 29.0 Å². The molecule has 1 unspecified atom stereocenters. The van der Waals surface area contributed by atoms with Crippen molar-refractivity contribution in [2.75, 3.05) is 62.5 Å². The van der Waals surface area contributed by atoms with Crippen LogP contribution in [-0.4, -0.2) is 80.2 Å². The first-order valence-corrected chi connectivity index (χ1v) is 14.2. The van der Waals surface area contributed by atoms with Crippen molar-refractivity contribution in [2.24, 2.45) is 5.92 Å². The van der Waals surface area contributed by atoms with Crippen molar-refractivity contribution in [1.82, 2.24) is 20.2 Å². The van der Waals surface area contributed by atoms with Gasteiger partial charge in [0.25, 0.3) is 5.91 Å². The minimum Gasteiger partial charge on any atom is -0.495 e. The number of nitrogens with zero attached hydrogens (tertiary/aromatic N) is 5. The molecule has 9 nitrogen and oxygen atoms in total. The highest BCUT2D eigenvalue weighted by atomic mass is 16.5. The van der Waals surface area contributed by atoms with Crippen molar-refractivity contribution in [1.29, 1.82) is 0 Å². The third-order valence-corrected chi connectivity index (χ3v) is 8.53. The van der Waals surface area contributed by atoms with E-state index < -0.39 is 0 Å². The maximum atomic E-state index is 12.9. The number of ether oxygens (including phenoxy) is 1. The summed E-state index contributed by atoms with van der Waals surface area (Å²) < 4.78 is 5.67. The van der Waals surface area contributed by atoms with Crippen LogP contribution in [-0.2, 0) is 0 Å². The summed E-state index contributed by atoms with van der Waals surface area (Å²) in [6.45, 7) is 6.33. The highest BCUT2D eigenvalue weighted by molar-refractivity contribution is 5.95. The average molecular weight is 522 g/mol. The van der Waals surface area contributed by atoms with Gasteiger partial charge in [-0.25, -0.2) is 4.98 Å². The van der Waals surface area contributed by atoms with E-state index in [0.717, 1.165) is 62.6 Å². The van der Waals surface area contributed by atoms with Gasteiger partial charge < -0.3 is 30.1 Å². The fraction of sp³-hybridized carbons (Fsp3) is 0.621. The highest BCUT2D eigenvalue weighted by Crippen LogP contribution is 2.38. The molecule has 2 aromatic rings. The normalized spacial score (nSPS) is 21.2. The molecular weight excluding hydrogens is 478 g/mol. The molecule has 38 heavy (non-hydrogen) atoms. The van der Waals surface area contributed by atoms with Gasteiger partial charge in [0, 0.05) is 37.8 Å². The Labute approximate surface area is 226 Å². The van der Waals surface area contributed by atoms with Gasteiger partial charge in [-0.1, -0.05) is 19.8 Å². The molecule has 1 aromatic carbocycles. The Morgan fingerprint density at radius 2 is 1.87 bits per heavy atom. The van der Waals surface area contributed by atoms with E-state index in [9.17, 15) is 4.79 Å². The van der Waals surface area contributed by atoms with Crippen molar-refractivity contribution in [3.63, 3.8) is 0 Å². The van der Waals surface area contributed by atoms with E-state index in [4.69, 9.17) is 9.72 Å². The van der Waals surface area contributed by atoms with E-state index >= 15 is 0 Å². The fourth-order valence-corrected chi connectivity index (χ4v) is 6.09. The molecule has 1 amide bonds. The van der Waals surface area contributed by atoms with Crippen LogP contribution in [0.2, 0.25) is 0 Å². The predicted octanol–water partition coefficient (Wildman–Crippen LogP) is 4.28. The largest absolute Gasteiger partial charge is 0.495 e. The van der Waals surface area contributed by atoms with Crippen LogP contribution < -0.4 is 25.2 Å². The Hall–Kier alpha value is -3.07. The summed E-state index contributed by atoms with van der Waals surface area (Å²) in [7, 11) is 5.89. The fourth-order valence-electron chi connectivity index (χ4n) is 6.09. The third-order valence-electron chi connectivity index (χ3n) is 8.53. The Kier molecular flexibility index (Phi) is 8.21. The number of anilines is 4. The average Bonchev–Trinajstić information content (AvgIpc) is 3.42. The molecule has 0 bridgehead atoms.